The Balaban J connectivity index is 2.42. The first kappa shape index (κ1) is 13.2. The maximum Gasteiger partial charge on any atom is 0.237 e. The summed E-state index contributed by atoms with van der Waals surface area (Å²) in [5, 5.41) is 3.22. The molecule has 0 radical (unpaired) electrons. The summed E-state index contributed by atoms with van der Waals surface area (Å²) in [7, 11) is 0. The third-order valence-electron chi connectivity index (χ3n) is 3.14. The van der Waals surface area contributed by atoms with Crippen molar-refractivity contribution in [2.75, 3.05) is 13.2 Å². The predicted molar refractivity (Wildman–Crippen MR) is 64.0 cm³/mol. The summed E-state index contributed by atoms with van der Waals surface area (Å²) >= 11 is 0. The molecule has 0 bridgehead atoms. The molecule has 2 atom stereocenters. The molecule has 0 saturated carbocycles. The number of carbonyl (C=O) groups excluding carboxylic acids is 1. The van der Waals surface area contributed by atoms with E-state index in [0.29, 0.717) is 13.0 Å². The molecule has 0 aliphatic carbocycles. The Kier molecular flexibility index (Phi) is 4.96. The molecule has 1 heterocycles. The van der Waals surface area contributed by atoms with Crippen LogP contribution < -0.4 is 11.1 Å². The van der Waals surface area contributed by atoms with Gasteiger partial charge in [-0.15, -0.1) is 6.58 Å². The molecule has 4 heteroatoms. The summed E-state index contributed by atoms with van der Waals surface area (Å²) in [6, 6.07) is 0. The second-order valence-corrected chi connectivity index (χ2v) is 4.54. The van der Waals surface area contributed by atoms with Crippen LogP contribution in [0.15, 0.2) is 12.7 Å². The monoisotopic (exact) mass is 226 g/mol. The molecule has 16 heavy (non-hydrogen) atoms. The van der Waals surface area contributed by atoms with Gasteiger partial charge in [0.25, 0.3) is 0 Å². The molecule has 1 fully saturated rings. The lowest BCUT2D eigenvalue weighted by Gasteiger charge is -2.28. The Morgan fingerprint density at radius 3 is 3.00 bits per heavy atom. The molecular weight excluding hydrogens is 204 g/mol. The van der Waals surface area contributed by atoms with Crippen molar-refractivity contribution in [2.24, 2.45) is 5.73 Å². The molecule has 92 valence electrons. The normalized spacial score (nSPS) is 23.9. The standard InChI is InChI=1S/C12H22N2O2/c1-3-4-7-12(2,11(13)15)14-9-10-6-5-8-16-10/h3,10,14H,1,4-9H2,2H3,(H2,13,15). The molecule has 1 amide bonds. The third-order valence-corrected chi connectivity index (χ3v) is 3.14. The number of ether oxygens (including phenoxy) is 1. The van der Waals surface area contributed by atoms with Crippen molar-refractivity contribution in [2.45, 2.75) is 44.2 Å². The molecule has 0 spiro atoms. The Hall–Kier alpha value is -0.870. The van der Waals surface area contributed by atoms with Crippen molar-refractivity contribution < 1.29 is 9.53 Å². The second kappa shape index (κ2) is 6.01. The highest BCUT2D eigenvalue weighted by atomic mass is 16.5. The summed E-state index contributed by atoms with van der Waals surface area (Å²) in [6.45, 7) is 7.01. The maximum absolute atomic E-state index is 11.4. The highest BCUT2D eigenvalue weighted by Gasteiger charge is 2.30. The first-order valence-electron chi connectivity index (χ1n) is 5.86. The first-order valence-corrected chi connectivity index (χ1v) is 5.86. The van der Waals surface area contributed by atoms with Crippen LogP contribution in [-0.4, -0.2) is 30.7 Å². The van der Waals surface area contributed by atoms with E-state index in [4.69, 9.17) is 10.5 Å². The largest absolute Gasteiger partial charge is 0.377 e. The summed E-state index contributed by atoms with van der Waals surface area (Å²) in [5.74, 6) is -0.313. The lowest BCUT2D eigenvalue weighted by atomic mass is 9.94. The highest BCUT2D eigenvalue weighted by molar-refractivity contribution is 5.84. The quantitative estimate of drug-likeness (QED) is 0.636. The number of nitrogens with one attached hydrogen (secondary N) is 1. The van der Waals surface area contributed by atoms with Gasteiger partial charge in [0.05, 0.1) is 11.6 Å². The molecule has 1 saturated heterocycles. The van der Waals surface area contributed by atoms with Crippen molar-refractivity contribution in [3.63, 3.8) is 0 Å². The van der Waals surface area contributed by atoms with Gasteiger partial charge in [-0.2, -0.15) is 0 Å². The van der Waals surface area contributed by atoms with Crippen LogP contribution in [0.1, 0.15) is 32.6 Å². The van der Waals surface area contributed by atoms with Crippen molar-refractivity contribution in [3.8, 4) is 0 Å². The van der Waals surface area contributed by atoms with Crippen LogP contribution in [0, 0.1) is 0 Å². The number of nitrogens with two attached hydrogens (primary N) is 1. The van der Waals surface area contributed by atoms with Gasteiger partial charge in [-0.3, -0.25) is 4.79 Å². The average Bonchev–Trinajstić information content (AvgIpc) is 2.76. The van der Waals surface area contributed by atoms with Gasteiger partial charge < -0.3 is 15.8 Å². The van der Waals surface area contributed by atoms with Crippen molar-refractivity contribution in [1.29, 1.82) is 0 Å². The Morgan fingerprint density at radius 2 is 2.50 bits per heavy atom. The van der Waals surface area contributed by atoms with E-state index in [1.54, 1.807) is 6.08 Å². The Labute approximate surface area is 97.2 Å². The summed E-state index contributed by atoms with van der Waals surface area (Å²) in [4.78, 5) is 11.4. The molecule has 1 rings (SSSR count). The van der Waals surface area contributed by atoms with Crippen LogP contribution in [-0.2, 0) is 9.53 Å². The maximum atomic E-state index is 11.4. The van der Waals surface area contributed by atoms with E-state index >= 15 is 0 Å². The summed E-state index contributed by atoms with van der Waals surface area (Å²) < 4.78 is 5.50. The number of primary amides is 1. The van der Waals surface area contributed by atoms with Gasteiger partial charge in [-0.1, -0.05) is 6.08 Å². The molecular formula is C12H22N2O2. The van der Waals surface area contributed by atoms with E-state index in [1.165, 1.54) is 0 Å². The predicted octanol–water partition coefficient (Wildman–Crippen LogP) is 0.965. The van der Waals surface area contributed by atoms with Crippen LogP contribution in [0.5, 0.6) is 0 Å². The number of allylic oxidation sites excluding steroid dienone is 1. The van der Waals surface area contributed by atoms with Crippen molar-refractivity contribution >= 4 is 5.91 Å². The SMILES string of the molecule is C=CCCC(C)(NCC1CCCO1)C(N)=O. The lowest BCUT2D eigenvalue weighted by Crippen LogP contribution is -2.54. The van der Waals surface area contributed by atoms with Crippen LogP contribution in [0.2, 0.25) is 0 Å². The first-order chi connectivity index (χ1) is 7.58. The average molecular weight is 226 g/mol. The molecule has 1 aliphatic rings. The molecule has 2 unspecified atom stereocenters. The van der Waals surface area contributed by atoms with E-state index in [9.17, 15) is 4.79 Å². The van der Waals surface area contributed by atoms with E-state index in [1.807, 2.05) is 6.92 Å². The Morgan fingerprint density at radius 1 is 1.75 bits per heavy atom. The molecule has 4 nitrogen and oxygen atoms in total. The van der Waals surface area contributed by atoms with Crippen LogP contribution >= 0.6 is 0 Å². The second-order valence-electron chi connectivity index (χ2n) is 4.54. The van der Waals surface area contributed by atoms with Gasteiger partial charge >= 0.3 is 0 Å². The van der Waals surface area contributed by atoms with Crippen molar-refractivity contribution in [1.82, 2.24) is 5.32 Å². The number of rotatable bonds is 7. The fraction of sp³-hybridized carbons (Fsp3) is 0.750. The fourth-order valence-corrected chi connectivity index (χ4v) is 1.83. The number of carbonyl (C=O) groups is 1. The third kappa shape index (κ3) is 3.61. The molecule has 0 aromatic rings. The van der Waals surface area contributed by atoms with Gasteiger partial charge in [-0.25, -0.2) is 0 Å². The van der Waals surface area contributed by atoms with E-state index in [0.717, 1.165) is 25.9 Å². The molecule has 1 aliphatic heterocycles. The van der Waals surface area contributed by atoms with Gasteiger partial charge in [-0.05, 0) is 32.6 Å². The molecule has 3 N–H and O–H groups in total. The minimum absolute atomic E-state index is 0.224. The van der Waals surface area contributed by atoms with Gasteiger partial charge in [0, 0.05) is 13.2 Å². The molecule has 0 aromatic heterocycles. The van der Waals surface area contributed by atoms with Crippen LogP contribution in [0.3, 0.4) is 0 Å². The zero-order valence-corrected chi connectivity index (χ0v) is 10.00. The fourth-order valence-electron chi connectivity index (χ4n) is 1.83. The topological polar surface area (TPSA) is 64.3 Å². The van der Waals surface area contributed by atoms with Crippen LogP contribution in [0.4, 0.5) is 0 Å². The highest BCUT2D eigenvalue weighted by Crippen LogP contribution is 2.15. The zero-order chi connectivity index (χ0) is 12.0. The van der Waals surface area contributed by atoms with Gasteiger partial charge in [0.1, 0.15) is 0 Å². The Bertz CT molecular complexity index is 249. The number of hydrogen-bond donors (Lipinski definition) is 2. The minimum Gasteiger partial charge on any atom is -0.377 e. The minimum atomic E-state index is -0.653. The van der Waals surface area contributed by atoms with E-state index < -0.39 is 5.54 Å². The van der Waals surface area contributed by atoms with Crippen molar-refractivity contribution in [3.05, 3.63) is 12.7 Å². The number of hydrogen-bond acceptors (Lipinski definition) is 3. The summed E-state index contributed by atoms with van der Waals surface area (Å²) in [5.41, 5.74) is 4.77. The molecule has 0 aromatic carbocycles. The van der Waals surface area contributed by atoms with Crippen LogP contribution in [0.25, 0.3) is 0 Å². The lowest BCUT2D eigenvalue weighted by molar-refractivity contribution is -0.124. The number of amides is 1. The van der Waals surface area contributed by atoms with Gasteiger partial charge in [0.2, 0.25) is 5.91 Å². The zero-order valence-electron chi connectivity index (χ0n) is 10.00. The van der Waals surface area contributed by atoms with E-state index in [2.05, 4.69) is 11.9 Å². The van der Waals surface area contributed by atoms with Gasteiger partial charge in [0.15, 0.2) is 0 Å². The summed E-state index contributed by atoms with van der Waals surface area (Å²) in [6.07, 6.45) is 5.64. The smallest absolute Gasteiger partial charge is 0.237 e. The van der Waals surface area contributed by atoms with E-state index in [-0.39, 0.29) is 12.0 Å².